The number of esters is 1. The third kappa shape index (κ3) is 3.78. The van der Waals surface area contributed by atoms with Gasteiger partial charge < -0.3 is 15.4 Å². The van der Waals surface area contributed by atoms with Gasteiger partial charge >= 0.3 is 5.97 Å². The van der Waals surface area contributed by atoms with Crippen LogP contribution >= 0.6 is 0 Å². The quantitative estimate of drug-likeness (QED) is 0.816. The van der Waals surface area contributed by atoms with Gasteiger partial charge in [0, 0.05) is 12.5 Å². The lowest BCUT2D eigenvalue weighted by Crippen LogP contribution is -2.39. The van der Waals surface area contributed by atoms with E-state index in [-0.39, 0.29) is 18.0 Å². The highest BCUT2D eigenvalue weighted by Gasteiger charge is 2.31. The van der Waals surface area contributed by atoms with E-state index < -0.39 is 35.7 Å². The summed E-state index contributed by atoms with van der Waals surface area (Å²) in [6.45, 7) is 1.29. The topological polar surface area (TPSA) is 84.5 Å². The zero-order valence-corrected chi connectivity index (χ0v) is 11.7. The molecule has 1 aliphatic rings. The molecule has 1 aromatic rings. The van der Waals surface area contributed by atoms with Crippen molar-refractivity contribution in [3.63, 3.8) is 0 Å². The Morgan fingerprint density at radius 3 is 2.77 bits per heavy atom. The monoisotopic (exact) mass is 312 g/mol. The first-order chi connectivity index (χ1) is 10.4. The van der Waals surface area contributed by atoms with E-state index in [0.29, 0.717) is 6.42 Å². The van der Waals surface area contributed by atoms with Gasteiger partial charge in [0.05, 0.1) is 5.69 Å². The molecule has 0 aromatic heterocycles. The molecule has 22 heavy (non-hydrogen) atoms. The average Bonchev–Trinajstić information content (AvgIpc) is 2.89. The number of amides is 2. The molecule has 2 atom stereocenters. The molecule has 2 rings (SSSR count). The minimum atomic E-state index is -1.22. The van der Waals surface area contributed by atoms with Crippen molar-refractivity contribution in [3.8, 4) is 0 Å². The Bertz CT molecular complexity index is 621. The second-order valence-corrected chi connectivity index (χ2v) is 4.85. The summed E-state index contributed by atoms with van der Waals surface area (Å²) in [5.41, 5.74) is -0.345. The third-order valence-electron chi connectivity index (χ3n) is 3.13. The van der Waals surface area contributed by atoms with Gasteiger partial charge in [-0.1, -0.05) is 0 Å². The lowest BCUT2D eigenvalue weighted by atomic mass is 10.2. The van der Waals surface area contributed by atoms with Gasteiger partial charge in [-0.15, -0.1) is 0 Å². The van der Waals surface area contributed by atoms with Crippen molar-refractivity contribution in [2.45, 2.75) is 31.9 Å². The van der Waals surface area contributed by atoms with Gasteiger partial charge in [0.25, 0.3) is 5.91 Å². The van der Waals surface area contributed by atoms with Crippen LogP contribution in [0.1, 0.15) is 19.8 Å². The lowest BCUT2D eigenvalue weighted by molar-refractivity contribution is -0.155. The Morgan fingerprint density at radius 2 is 2.14 bits per heavy atom. The minimum absolute atomic E-state index is 0.217. The van der Waals surface area contributed by atoms with E-state index in [1.165, 1.54) is 6.92 Å². The first kappa shape index (κ1) is 15.9. The number of hydrogen-bond acceptors (Lipinski definition) is 4. The normalized spacial score (nSPS) is 18.5. The number of benzene rings is 1. The van der Waals surface area contributed by atoms with E-state index in [2.05, 4.69) is 10.6 Å². The first-order valence-corrected chi connectivity index (χ1v) is 6.62. The van der Waals surface area contributed by atoms with Crippen LogP contribution in [0.2, 0.25) is 0 Å². The maximum absolute atomic E-state index is 13.4. The Labute approximate surface area is 124 Å². The smallest absolute Gasteiger partial charge is 0.329 e. The predicted molar refractivity (Wildman–Crippen MR) is 71.7 cm³/mol. The van der Waals surface area contributed by atoms with Crippen LogP contribution < -0.4 is 10.6 Å². The highest BCUT2D eigenvalue weighted by Crippen LogP contribution is 2.16. The lowest BCUT2D eigenvalue weighted by Gasteiger charge is -2.16. The Kier molecular flexibility index (Phi) is 4.69. The van der Waals surface area contributed by atoms with Gasteiger partial charge in [-0.2, -0.15) is 0 Å². The van der Waals surface area contributed by atoms with Gasteiger partial charge in [-0.05, 0) is 25.5 Å². The number of nitrogens with one attached hydrogen (secondary N) is 2. The van der Waals surface area contributed by atoms with Crippen LogP contribution in [0, 0.1) is 11.6 Å². The van der Waals surface area contributed by atoms with Gasteiger partial charge in [0.15, 0.2) is 6.10 Å². The fraction of sp³-hybridized carbons (Fsp3) is 0.357. The van der Waals surface area contributed by atoms with E-state index >= 15 is 0 Å². The first-order valence-electron chi connectivity index (χ1n) is 6.62. The number of ether oxygens (including phenoxy) is 1. The molecule has 1 heterocycles. The largest absolute Gasteiger partial charge is 0.451 e. The minimum Gasteiger partial charge on any atom is -0.451 e. The molecule has 1 saturated heterocycles. The molecule has 1 aromatic carbocycles. The number of hydrogen-bond donors (Lipinski definition) is 2. The van der Waals surface area contributed by atoms with E-state index in [4.69, 9.17) is 4.74 Å². The van der Waals surface area contributed by atoms with Crippen LogP contribution in [-0.4, -0.2) is 29.9 Å². The molecule has 118 valence electrons. The second-order valence-electron chi connectivity index (χ2n) is 4.85. The summed E-state index contributed by atoms with van der Waals surface area (Å²) >= 11 is 0. The molecule has 1 fully saturated rings. The SMILES string of the molecule is C[C@@H](OC(=O)[C@@H]1CCC(=O)N1)C(=O)Nc1cc(F)ccc1F. The highest BCUT2D eigenvalue weighted by atomic mass is 19.1. The van der Waals surface area contributed by atoms with E-state index in [9.17, 15) is 23.2 Å². The highest BCUT2D eigenvalue weighted by molar-refractivity contribution is 5.96. The molecule has 2 N–H and O–H groups in total. The summed E-state index contributed by atoms with van der Waals surface area (Å²) < 4.78 is 31.3. The molecule has 1 aliphatic heterocycles. The summed E-state index contributed by atoms with van der Waals surface area (Å²) in [5, 5.41) is 4.55. The van der Waals surface area contributed by atoms with E-state index in [1.54, 1.807) is 0 Å². The Balaban J connectivity index is 1.93. The van der Waals surface area contributed by atoms with E-state index in [0.717, 1.165) is 18.2 Å². The maximum atomic E-state index is 13.4. The van der Waals surface area contributed by atoms with Crippen molar-refractivity contribution >= 4 is 23.5 Å². The molecule has 2 amide bonds. The zero-order valence-electron chi connectivity index (χ0n) is 11.7. The van der Waals surface area contributed by atoms with Crippen LogP contribution in [0.15, 0.2) is 18.2 Å². The zero-order chi connectivity index (χ0) is 16.3. The summed E-state index contributed by atoms with van der Waals surface area (Å²) in [6.07, 6.45) is -0.702. The van der Waals surface area contributed by atoms with Crippen molar-refractivity contribution in [2.24, 2.45) is 0 Å². The molecule has 0 radical (unpaired) electrons. The summed E-state index contributed by atoms with van der Waals surface area (Å²) in [6, 6.07) is 1.82. The van der Waals surface area contributed by atoms with Gasteiger partial charge in [-0.3, -0.25) is 9.59 Å². The standard InChI is InChI=1S/C14H14F2N2O4/c1-7(22-14(21)10-4-5-12(19)17-10)13(20)18-11-6-8(15)2-3-9(11)16/h2-3,6-7,10H,4-5H2,1H3,(H,17,19)(H,18,20)/t7-,10+/m1/s1. The average molecular weight is 312 g/mol. The van der Waals surface area contributed by atoms with Crippen molar-refractivity contribution in [1.29, 1.82) is 0 Å². The predicted octanol–water partition coefficient (Wildman–Crippen LogP) is 1.11. The molecule has 0 aliphatic carbocycles. The molecule has 0 bridgehead atoms. The van der Waals surface area contributed by atoms with Gasteiger partial charge in [0.2, 0.25) is 5.91 Å². The Morgan fingerprint density at radius 1 is 1.41 bits per heavy atom. The molecular formula is C14H14F2N2O4. The van der Waals surface area contributed by atoms with Crippen LogP contribution in [0.3, 0.4) is 0 Å². The van der Waals surface area contributed by atoms with Crippen LogP contribution in [0.25, 0.3) is 0 Å². The molecule has 0 spiro atoms. The molecule has 8 heteroatoms. The molecular weight excluding hydrogens is 298 g/mol. The van der Waals surface area contributed by atoms with Crippen LogP contribution in [-0.2, 0) is 19.1 Å². The molecule has 0 saturated carbocycles. The molecule has 6 nitrogen and oxygen atoms in total. The number of carbonyl (C=O) groups excluding carboxylic acids is 3. The molecule has 0 unspecified atom stereocenters. The van der Waals surface area contributed by atoms with Gasteiger partial charge in [-0.25, -0.2) is 13.6 Å². The van der Waals surface area contributed by atoms with Crippen molar-refractivity contribution in [3.05, 3.63) is 29.8 Å². The van der Waals surface area contributed by atoms with Gasteiger partial charge in [0.1, 0.15) is 17.7 Å². The van der Waals surface area contributed by atoms with Crippen molar-refractivity contribution in [1.82, 2.24) is 5.32 Å². The fourth-order valence-electron chi connectivity index (χ4n) is 1.93. The van der Waals surface area contributed by atoms with Crippen LogP contribution in [0.5, 0.6) is 0 Å². The number of halogens is 2. The van der Waals surface area contributed by atoms with Crippen LogP contribution in [0.4, 0.5) is 14.5 Å². The van der Waals surface area contributed by atoms with Crippen molar-refractivity contribution in [2.75, 3.05) is 5.32 Å². The maximum Gasteiger partial charge on any atom is 0.329 e. The van der Waals surface area contributed by atoms with Crippen molar-refractivity contribution < 1.29 is 27.9 Å². The summed E-state index contributed by atoms with van der Waals surface area (Å²) in [7, 11) is 0. The third-order valence-corrected chi connectivity index (χ3v) is 3.13. The number of carbonyl (C=O) groups is 3. The Hall–Kier alpha value is -2.51. The van der Waals surface area contributed by atoms with E-state index in [1.807, 2.05) is 0 Å². The summed E-state index contributed by atoms with van der Waals surface area (Å²) in [4.78, 5) is 34.6. The number of anilines is 1. The fourth-order valence-corrected chi connectivity index (χ4v) is 1.93. The second kappa shape index (κ2) is 6.50. The number of rotatable bonds is 4. The summed E-state index contributed by atoms with van der Waals surface area (Å²) in [5.74, 6) is -3.33.